The molecule has 4 nitrogen and oxygen atoms in total. The summed E-state index contributed by atoms with van der Waals surface area (Å²) in [5.74, 6) is -1.67. The van der Waals surface area contributed by atoms with E-state index in [0.29, 0.717) is 6.42 Å². The van der Waals surface area contributed by atoms with Gasteiger partial charge < -0.3 is 10.0 Å². The number of benzene rings is 1. The summed E-state index contributed by atoms with van der Waals surface area (Å²) in [5.41, 5.74) is 3.33. The molecule has 0 unspecified atom stereocenters. The Morgan fingerprint density at radius 1 is 1.25 bits per heavy atom. The minimum Gasteiger partial charge on any atom is -0.480 e. The molecular formula is C14H17Cl2NO3. The predicted molar refractivity (Wildman–Crippen MR) is 79.3 cm³/mol. The molecule has 0 bridgehead atoms. The van der Waals surface area contributed by atoms with Gasteiger partial charge in [-0.2, -0.15) is 0 Å². The van der Waals surface area contributed by atoms with Gasteiger partial charge in [-0.25, -0.2) is 0 Å². The molecule has 6 heteroatoms. The fourth-order valence-electron chi connectivity index (χ4n) is 2.06. The quantitative estimate of drug-likeness (QED) is 0.820. The number of halogens is 2. The standard InChI is InChI=1S/C14H17Cl2NO3/c1-9-4-3-5-10(2)11(9)6-7-17(8-12(18)19)14(20)13(15)16/h3-5,13H,6-8H2,1-2H3,(H,18,19). The van der Waals surface area contributed by atoms with E-state index in [2.05, 4.69) is 0 Å². The fourth-order valence-corrected chi connectivity index (χ4v) is 2.33. The van der Waals surface area contributed by atoms with Crippen molar-refractivity contribution in [2.45, 2.75) is 25.1 Å². The molecule has 0 saturated heterocycles. The van der Waals surface area contributed by atoms with Crippen molar-refractivity contribution < 1.29 is 14.7 Å². The third-order valence-corrected chi connectivity index (χ3v) is 3.47. The molecule has 0 saturated carbocycles. The van der Waals surface area contributed by atoms with Crippen LogP contribution in [0.15, 0.2) is 18.2 Å². The third-order valence-electron chi connectivity index (χ3n) is 3.10. The molecule has 0 radical (unpaired) electrons. The fraction of sp³-hybridized carbons (Fsp3) is 0.429. The van der Waals surface area contributed by atoms with Crippen LogP contribution in [0, 0.1) is 13.8 Å². The largest absolute Gasteiger partial charge is 0.480 e. The Labute approximate surface area is 128 Å². The van der Waals surface area contributed by atoms with Gasteiger partial charge in [0.05, 0.1) is 0 Å². The van der Waals surface area contributed by atoms with E-state index in [-0.39, 0.29) is 6.54 Å². The molecule has 1 amide bonds. The zero-order chi connectivity index (χ0) is 15.3. The number of carboxylic acids is 1. The molecular weight excluding hydrogens is 301 g/mol. The SMILES string of the molecule is Cc1cccc(C)c1CCN(CC(=O)O)C(=O)C(Cl)Cl. The third kappa shape index (κ3) is 4.69. The van der Waals surface area contributed by atoms with Crippen LogP contribution in [0.3, 0.4) is 0 Å². The Kier molecular flexibility index (Phi) is 6.30. The lowest BCUT2D eigenvalue weighted by Crippen LogP contribution is -2.40. The van der Waals surface area contributed by atoms with Crippen LogP contribution in [0.1, 0.15) is 16.7 Å². The zero-order valence-electron chi connectivity index (χ0n) is 11.4. The van der Waals surface area contributed by atoms with Gasteiger partial charge in [-0.05, 0) is 37.0 Å². The highest BCUT2D eigenvalue weighted by Gasteiger charge is 2.22. The van der Waals surface area contributed by atoms with Crippen LogP contribution in [0.4, 0.5) is 0 Å². The molecule has 1 N–H and O–H groups in total. The highest BCUT2D eigenvalue weighted by atomic mass is 35.5. The van der Waals surface area contributed by atoms with Crippen molar-refractivity contribution in [3.05, 3.63) is 34.9 Å². The smallest absolute Gasteiger partial charge is 0.323 e. The van der Waals surface area contributed by atoms with E-state index in [4.69, 9.17) is 28.3 Å². The van der Waals surface area contributed by atoms with Crippen LogP contribution >= 0.6 is 23.2 Å². The molecule has 1 aromatic carbocycles. The highest BCUT2D eigenvalue weighted by Crippen LogP contribution is 2.15. The lowest BCUT2D eigenvalue weighted by molar-refractivity contribution is -0.143. The summed E-state index contributed by atoms with van der Waals surface area (Å²) < 4.78 is 0. The van der Waals surface area contributed by atoms with Gasteiger partial charge in [0, 0.05) is 6.54 Å². The van der Waals surface area contributed by atoms with Crippen LogP contribution in [0.25, 0.3) is 0 Å². The topological polar surface area (TPSA) is 57.6 Å². The zero-order valence-corrected chi connectivity index (χ0v) is 12.9. The van der Waals surface area contributed by atoms with Gasteiger partial charge in [-0.1, -0.05) is 41.4 Å². The van der Waals surface area contributed by atoms with E-state index >= 15 is 0 Å². The Balaban J connectivity index is 2.81. The van der Waals surface area contributed by atoms with Crippen LogP contribution < -0.4 is 0 Å². The van der Waals surface area contributed by atoms with E-state index in [9.17, 15) is 9.59 Å². The van der Waals surface area contributed by atoms with Gasteiger partial charge in [0.15, 0.2) is 4.84 Å². The van der Waals surface area contributed by atoms with E-state index in [1.54, 1.807) is 0 Å². The van der Waals surface area contributed by atoms with Crippen LogP contribution in [0.5, 0.6) is 0 Å². The number of amides is 1. The van der Waals surface area contributed by atoms with Gasteiger partial charge in [-0.15, -0.1) is 0 Å². The molecule has 0 aliphatic rings. The lowest BCUT2D eigenvalue weighted by atomic mass is 10.00. The number of aryl methyl sites for hydroxylation is 2. The van der Waals surface area contributed by atoms with Crippen molar-refractivity contribution in [1.82, 2.24) is 4.90 Å². The van der Waals surface area contributed by atoms with Crippen LogP contribution in [-0.4, -0.2) is 39.8 Å². The average molecular weight is 318 g/mol. The van der Waals surface area contributed by atoms with E-state index in [0.717, 1.165) is 16.7 Å². The summed E-state index contributed by atoms with van der Waals surface area (Å²) in [6.07, 6.45) is 0.567. The minimum atomic E-state index is -1.24. The van der Waals surface area contributed by atoms with Crippen molar-refractivity contribution in [3.8, 4) is 0 Å². The maximum absolute atomic E-state index is 11.8. The number of hydrogen-bond acceptors (Lipinski definition) is 2. The Morgan fingerprint density at radius 3 is 2.25 bits per heavy atom. The van der Waals surface area contributed by atoms with Gasteiger partial charge >= 0.3 is 5.97 Å². The van der Waals surface area contributed by atoms with Gasteiger partial charge in [-0.3, -0.25) is 9.59 Å². The summed E-state index contributed by atoms with van der Waals surface area (Å²) in [7, 11) is 0. The number of nitrogens with zero attached hydrogens (tertiary/aromatic N) is 1. The number of alkyl halides is 2. The molecule has 0 heterocycles. The Hall–Kier alpha value is -1.26. The highest BCUT2D eigenvalue weighted by molar-refractivity contribution is 6.53. The number of aliphatic carboxylic acids is 1. The number of hydrogen-bond donors (Lipinski definition) is 1. The molecule has 0 aliphatic heterocycles. The second-order valence-corrected chi connectivity index (χ2v) is 5.67. The second-order valence-electron chi connectivity index (χ2n) is 4.57. The van der Waals surface area contributed by atoms with Gasteiger partial charge in [0.2, 0.25) is 0 Å². The maximum Gasteiger partial charge on any atom is 0.323 e. The van der Waals surface area contributed by atoms with E-state index < -0.39 is 23.3 Å². The monoisotopic (exact) mass is 317 g/mol. The minimum absolute atomic E-state index is 0.271. The summed E-state index contributed by atoms with van der Waals surface area (Å²) in [4.78, 5) is 22.5. The molecule has 0 fully saturated rings. The normalized spacial score (nSPS) is 10.7. The Morgan fingerprint density at radius 2 is 1.80 bits per heavy atom. The summed E-state index contributed by atoms with van der Waals surface area (Å²) in [6.45, 7) is 3.83. The first-order valence-corrected chi connectivity index (χ1v) is 7.04. The first kappa shape index (κ1) is 16.8. The summed E-state index contributed by atoms with van der Waals surface area (Å²) in [5, 5.41) is 8.84. The van der Waals surface area contributed by atoms with Crippen LogP contribution in [-0.2, 0) is 16.0 Å². The van der Waals surface area contributed by atoms with Crippen LogP contribution in [0.2, 0.25) is 0 Å². The Bertz CT molecular complexity index is 483. The summed E-state index contributed by atoms with van der Waals surface area (Å²) >= 11 is 11.1. The van der Waals surface area contributed by atoms with Gasteiger partial charge in [0.1, 0.15) is 6.54 Å². The molecule has 0 aliphatic carbocycles. The maximum atomic E-state index is 11.8. The van der Waals surface area contributed by atoms with Gasteiger partial charge in [0.25, 0.3) is 5.91 Å². The van der Waals surface area contributed by atoms with E-state index in [1.807, 2.05) is 32.0 Å². The molecule has 20 heavy (non-hydrogen) atoms. The molecule has 1 aromatic rings. The summed E-state index contributed by atoms with van der Waals surface area (Å²) in [6, 6.07) is 5.93. The average Bonchev–Trinajstić information content (AvgIpc) is 2.35. The van der Waals surface area contributed by atoms with E-state index in [1.165, 1.54) is 4.90 Å². The molecule has 110 valence electrons. The van der Waals surface area contributed by atoms with Crippen molar-refractivity contribution in [2.75, 3.05) is 13.1 Å². The van der Waals surface area contributed by atoms with Crippen molar-refractivity contribution in [3.63, 3.8) is 0 Å². The van der Waals surface area contributed by atoms with Crippen molar-refractivity contribution in [1.29, 1.82) is 0 Å². The number of carbonyl (C=O) groups is 2. The number of carboxylic acid groups (broad SMARTS) is 1. The molecule has 0 spiro atoms. The first-order valence-electron chi connectivity index (χ1n) is 6.16. The van der Waals surface area contributed by atoms with Crippen molar-refractivity contribution >= 4 is 35.1 Å². The second kappa shape index (κ2) is 7.50. The number of carbonyl (C=O) groups excluding carboxylic acids is 1. The molecule has 0 atom stereocenters. The predicted octanol–water partition coefficient (Wildman–Crippen LogP) is 2.56. The first-order chi connectivity index (χ1) is 9.32. The number of rotatable bonds is 6. The lowest BCUT2D eigenvalue weighted by Gasteiger charge is -2.22. The molecule has 1 rings (SSSR count). The molecule has 0 aromatic heterocycles. The van der Waals surface area contributed by atoms with Crippen molar-refractivity contribution in [2.24, 2.45) is 0 Å².